The lowest BCUT2D eigenvalue weighted by Gasteiger charge is -1.89. The molecule has 4 nitrogen and oxygen atoms in total. The summed E-state index contributed by atoms with van der Waals surface area (Å²) in [5.74, 6) is 0. The number of allylic oxidation sites excluding steroid dienone is 2. The van der Waals surface area contributed by atoms with Crippen LogP contribution in [0.1, 0.15) is 19.3 Å². The van der Waals surface area contributed by atoms with Gasteiger partial charge in [-0.25, -0.2) is 0 Å². The van der Waals surface area contributed by atoms with Crippen LogP contribution < -0.4 is 5.73 Å². The summed E-state index contributed by atoms with van der Waals surface area (Å²) in [6.45, 7) is 3.17. The van der Waals surface area contributed by atoms with Crippen molar-refractivity contribution in [1.29, 1.82) is 0 Å². The maximum Gasteiger partial charge on any atom is 0.0835 e. The Labute approximate surface area is 59.5 Å². The topological polar surface area (TPSA) is 63.1 Å². The summed E-state index contributed by atoms with van der Waals surface area (Å²) >= 11 is 0. The SMILES string of the molecule is C=N/N=N\C1=C(N)CCC1. The molecule has 0 aromatic rings. The molecule has 0 aliphatic heterocycles. The smallest absolute Gasteiger partial charge is 0.0835 e. The summed E-state index contributed by atoms with van der Waals surface area (Å²) in [5.41, 5.74) is 7.29. The molecule has 54 valence electrons. The minimum atomic E-state index is 0.840. The fourth-order valence-corrected chi connectivity index (χ4v) is 0.951. The van der Waals surface area contributed by atoms with Crippen molar-refractivity contribution in [3.8, 4) is 0 Å². The highest BCUT2D eigenvalue weighted by Crippen LogP contribution is 2.22. The summed E-state index contributed by atoms with van der Waals surface area (Å²) in [4.78, 5) is 0. The Morgan fingerprint density at radius 3 is 2.70 bits per heavy atom. The lowest BCUT2D eigenvalue weighted by molar-refractivity contribution is 0.869. The van der Waals surface area contributed by atoms with Crippen LogP contribution in [0.4, 0.5) is 0 Å². The molecule has 4 heteroatoms. The van der Waals surface area contributed by atoms with E-state index in [-0.39, 0.29) is 0 Å². The van der Waals surface area contributed by atoms with E-state index in [9.17, 15) is 0 Å². The zero-order valence-electron chi connectivity index (χ0n) is 5.75. The summed E-state index contributed by atoms with van der Waals surface area (Å²) in [6.07, 6.45) is 2.94. The van der Waals surface area contributed by atoms with Crippen LogP contribution in [0.5, 0.6) is 0 Å². The summed E-state index contributed by atoms with van der Waals surface area (Å²) in [5, 5.41) is 10.4. The largest absolute Gasteiger partial charge is 0.401 e. The van der Waals surface area contributed by atoms with E-state index < -0.39 is 0 Å². The van der Waals surface area contributed by atoms with Gasteiger partial charge in [-0.3, -0.25) is 0 Å². The van der Waals surface area contributed by atoms with E-state index in [0.29, 0.717) is 0 Å². The summed E-state index contributed by atoms with van der Waals surface area (Å²) < 4.78 is 0. The maximum atomic E-state index is 5.58. The van der Waals surface area contributed by atoms with E-state index in [2.05, 4.69) is 22.2 Å². The minimum Gasteiger partial charge on any atom is -0.401 e. The molecule has 0 spiro atoms. The zero-order valence-corrected chi connectivity index (χ0v) is 5.75. The predicted molar refractivity (Wildman–Crippen MR) is 39.5 cm³/mol. The van der Waals surface area contributed by atoms with Gasteiger partial charge in [0.2, 0.25) is 0 Å². The first-order chi connectivity index (χ1) is 4.84. The Bertz CT molecular complexity index is 192. The van der Waals surface area contributed by atoms with Gasteiger partial charge < -0.3 is 5.73 Å². The predicted octanol–water partition coefficient (Wildman–Crippen LogP) is 1.41. The average molecular weight is 138 g/mol. The molecule has 0 bridgehead atoms. The molecular weight excluding hydrogens is 128 g/mol. The van der Waals surface area contributed by atoms with Gasteiger partial charge in [0.1, 0.15) is 0 Å². The van der Waals surface area contributed by atoms with Crippen molar-refractivity contribution in [3.05, 3.63) is 11.4 Å². The Balaban J connectivity index is 2.62. The minimum absolute atomic E-state index is 0.840. The van der Waals surface area contributed by atoms with Crippen LogP contribution in [0, 0.1) is 0 Å². The van der Waals surface area contributed by atoms with Gasteiger partial charge in [-0.05, 0) is 24.5 Å². The Morgan fingerprint density at radius 2 is 2.20 bits per heavy atom. The normalized spacial score (nSPS) is 18.8. The third kappa shape index (κ3) is 1.40. The van der Waals surface area contributed by atoms with Crippen molar-refractivity contribution < 1.29 is 0 Å². The first kappa shape index (κ1) is 6.92. The molecule has 0 amide bonds. The molecule has 0 heterocycles. The average Bonchev–Trinajstić information content (AvgIpc) is 2.31. The number of hydrogen-bond acceptors (Lipinski definition) is 3. The van der Waals surface area contributed by atoms with Gasteiger partial charge in [-0.1, -0.05) is 0 Å². The number of hydrogen-bond donors (Lipinski definition) is 1. The quantitative estimate of drug-likeness (QED) is 0.350. The van der Waals surface area contributed by atoms with Gasteiger partial charge in [0.25, 0.3) is 0 Å². The Hall–Kier alpha value is -1.19. The first-order valence-corrected chi connectivity index (χ1v) is 3.19. The van der Waals surface area contributed by atoms with Crippen molar-refractivity contribution >= 4 is 6.72 Å². The third-order valence-corrected chi connectivity index (χ3v) is 1.46. The van der Waals surface area contributed by atoms with Crippen LogP contribution in [0.2, 0.25) is 0 Å². The molecule has 1 aliphatic carbocycles. The molecule has 0 saturated heterocycles. The highest BCUT2D eigenvalue weighted by atomic mass is 15.4. The van der Waals surface area contributed by atoms with Crippen LogP contribution in [0.25, 0.3) is 0 Å². The molecule has 0 aromatic heterocycles. The molecule has 0 atom stereocenters. The highest BCUT2D eigenvalue weighted by molar-refractivity contribution is 5.22. The van der Waals surface area contributed by atoms with Crippen LogP contribution in [0.3, 0.4) is 0 Å². The second kappa shape index (κ2) is 3.10. The van der Waals surface area contributed by atoms with Crippen molar-refractivity contribution in [2.75, 3.05) is 0 Å². The van der Waals surface area contributed by atoms with E-state index in [4.69, 9.17) is 5.73 Å². The molecule has 2 N–H and O–H groups in total. The van der Waals surface area contributed by atoms with Crippen LogP contribution in [-0.4, -0.2) is 6.72 Å². The van der Waals surface area contributed by atoms with Crippen LogP contribution in [0.15, 0.2) is 26.8 Å². The van der Waals surface area contributed by atoms with E-state index in [0.717, 1.165) is 30.7 Å². The molecule has 0 radical (unpaired) electrons. The summed E-state index contributed by atoms with van der Waals surface area (Å²) in [7, 11) is 0. The molecule has 0 saturated carbocycles. The molecule has 1 rings (SSSR count). The number of nitrogens with two attached hydrogens (primary N) is 1. The van der Waals surface area contributed by atoms with Gasteiger partial charge in [0.15, 0.2) is 0 Å². The molecule has 1 aliphatic rings. The second-order valence-electron chi connectivity index (χ2n) is 2.16. The third-order valence-electron chi connectivity index (χ3n) is 1.46. The Morgan fingerprint density at radius 1 is 1.40 bits per heavy atom. The molecule has 0 fully saturated rings. The summed E-state index contributed by atoms with van der Waals surface area (Å²) in [6, 6.07) is 0. The fourth-order valence-electron chi connectivity index (χ4n) is 0.951. The van der Waals surface area contributed by atoms with Gasteiger partial charge in [-0.2, -0.15) is 0 Å². The maximum absolute atomic E-state index is 5.58. The van der Waals surface area contributed by atoms with Crippen LogP contribution in [-0.2, 0) is 0 Å². The fraction of sp³-hybridized carbons (Fsp3) is 0.500. The first-order valence-electron chi connectivity index (χ1n) is 3.19. The molecule has 10 heavy (non-hydrogen) atoms. The second-order valence-corrected chi connectivity index (χ2v) is 2.16. The molecular formula is C6H10N4. The molecule has 0 unspecified atom stereocenters. The van der Waals surface area contributed by atoms with E-state index in [1.54, 1.807) is 0 Å². The van der Waals surface area contributed by atoms with Crippen molar-refractivity contribution in [2.24, 2.45) is 21.2 Å². The number of rotatable bonds is 2. The standard InChI is InChI=1S/C6H10N4/c1-8-10-9-6-4-2-3-5(6)7/h1-4,7H2/b10-9-. The zero-order chi connectivity index (χ0) is 7.40. The van der Waals surface area contributed by atoms with E-state index >= 15 is 0 Å². The van der Waals surface area contributed by atoms with Crippen molar-refractivity contribution in [3.63, 3.8) is 0 Å². The monoisotopic (exact) mass is 138 g/mol. The van der Waals surface area contributed by atoms with E-state index in [1.807, 2.05) is 0 Å². The van der Waals surface area contributed by atoms with Crippen molar-refractivity contribution in [2.45, 2.75) is 19.3 Å². The van der Waals surface area contributed by atoms with Crippen LogP contribution >= 0.6 is 0 Å². The van der Waals surface area contributed by atoms with Gasteiger partial charge in [0.05, 0.1) is 5.70 Å². The van der Waals surface area contributed by atoms with Gasteiger partial charge in [-0.15, -0.1) is 10.2 Å². The van der Waals surface area contributed by atoms with Crippen molar-refractivity contribution in [1.82, 2.24) is 0 Å². The Kier molecular flexibility index (Phi) is 2.15. The van der Waals surface area contributed by atoms with Gasteiger partial charge >= 0.3 is 0 Å². The lowest BCUT2D eigenvalue weighted by atomic mass is 10.3. The lowest BCUT2D eigenvalue weighted by Crippen LogP contribution is -1.93. The highest BCUT2D eigenvalue weighted by Gasteiger charge is 2.10. The van der Waals surface area contributed by atoms with Gasteiger partial charge in [0, 0.05) is 12.4 Å². The van der Waals surface area contributed by atoms with E-state index in [1.165, 1.54) is 0 Å². The molecule has 0 aromatic carbocycles. The number of nitrogens with zero attached hydrogens (tertiary/aromatic N) is 3.